The van der Waals surface area contributed by atoms with Crippen molar-refractivity contribution in [1.82, 2.24) is 0 Å². The van der Waals surface area contributed by atoms with E-state index in [0.29, 0.717) is 0 Å². The second-order valence-electron chi connectivity index (χ2n) is 7.30. The van der Waals surface area contributed by atoms with Crippen molar-refractivity contribution in [2.75, 3.05) is 0 Å². The van der Waals surface area contributed by atoms with E-state index >= 15 is 0 Å². The molecule has 0 aliphatic rings. The lowest BCUT2D eigenvalue weighted by Gasteiger charge is -2.05. The second-order valence-corrected chi connectivity index (χ2v) is 7.30. The van der Waals surface area contributed by atoms with Gasteiger partial charge in [0.2, 0.25) is 0 Å². The highest BCUT2D eigenvalue weighted by Crippen LogP contribution is 2.13. The summed E-state index contributed by atoms with van der Waals surface area (Å²) in [5.41, 5.74) is 4.69. The fraction of sp³-hybridized carbons (Fsp3) is 0.519. The minimum absolute atomic E-state index is 0.779. The van der Waals surface area contributed by atoms with Gasteiger partial charge in [-0.25, -0.2) is 0 Å². The molecule has 0 amide bonds. The molecule has 0 atom stereocenters. The van der Waals surface area contributed by atoms with Gasteiger partial charge in [0.1, 0.15) is 0 Å². The maximum absolute atomic E-state index is 5.47. The van der Waals surface area contributed by atoms with Crippen LogP contribution >= 0.6 is 0 Å². The molecule has 0 aliphatic heterocycles. The maximum Gasteiger partial charge on any atom is 0.0702 e. The predicted octanol–water partition coefficient (Wildman–Crippen LogP) is 8.51. The molecule has 1 heteroatoms. The van der Waals surface area contributed by atoms with Crippen LogP contribution in [0.2, 0.25) is 0 Å². The number of hydrogen-bond donors (Lipinski definition) is 0. The third-order valence-corrected chi connectivity index (χ3v) is 3.89. The van der Waals surface area contributed by atoms with E-state index in [-0.39, 0.29) is 0 Å². The molecule has 0 N–H and O–H groups in total. The zero-order chi connectivity index (χ0) is 21.9. The molecule has 1 rings (SSSR count). The molecule has 28 heavy (non-hydrogen) atoms. The molecule has 0 spiro atoms. The molecule has 1 aromatic rings. The fourth-order valence-corrected chi connectivity index (χ4v) is 2.63. The van der Waals surface area contributed by atoms with E-state index in [4.69, 9.17) is 6.42 Å². The summed E-state index contributed by atoms with van der Waals surface area (Å²) in [7, 11) is 0. The van der Waals surface area contributed by atoms with Gasteiger partial charge < -0.3 is 0 Å². The summed E-state index contributed by atoms with van der Waals surface area (Å²) in [6.07, 6.45) is 16.2. The third kappa shape index (κ3) is 14.0. The number of hydrogen-bond acceptors (Lipinski definition) is 1. The van der Waals surface area contributed by atoms with E-state index < -0.39 is 0 Å². The van der Waals surface area contributed by atoms with Gasteiger partial charge in [0, 0.05) is 16.8 Å². The molecule has 0 radical (unpaired) electrons. The Balaban J connectivity index is 0. The van der Waals surface area contributed by atoms with Crippen molar-refractivity contribution < 1.29 is 0 Å². The van der Waals surface area contributed by atoms with Crippen LogP contribution in [-0.4, -0.2) is 5.71 Å². The average molecular weight is 382 g/mol. The highest BCUT2D eigenvalue weighted by molar-refractivity contribution is 6.09. The Morgan fingerprint density at radius 2 is 1.71 bits per heavy atom. The summed E-state index contributed by atoms with van der Waals surface area (Å²) in [6.45, 7) is 20.7. The van der Waals surface area contributed by atoms with Crippen molar-refractivity contribution in [3.05, 3.63) is 59.3 Å². The van der Waals surface area contributed by atoms with E-state index in [2.05, 4.69) is 52.1 Å². The number of aryl methyl sites for hydroxylation is 1. The molecule has 0 aliphatic carbocycles. The minimum Gasteiger partial charge on any atom is -0.254 e. The van der Waals surface area contributed by atoms with Crippen LogP contribution in [0, 0.1) is 25.2 Å². The average Bonchev–Trinajstić information content (AvgIpc) is 2.63. The van der Waals surface area contributed by atoms with Crippen LogP contribution in [0.5, 0.6) is 0 Å². The molecule has 1 nitrogen and oxygen atoms in total. The van der Waals surface area contributed by atoms with Gasteiger partial charge in [0.15, 0.2) is 0 Å². The first-order valence-corrected chi connectivity index (χ1v) is 10.7. The molecular weight excluding hydrogens is 338 g/mol. The number of aliphatic imine (C=N–C) groups is 1. The second kappa shape index (κ2) is 18.3. The lowest BCUT2D eigenvalue weighted by molar-refractivity contribution is 0.480. The zero-order valence-electron chi connectivity index (χ0n) is 19.7. The van der Waals surface area contributed by atoms with Crippen molar-refractivity contribution >= 4 is 5.71 Å². The van der Waals surface area contributed by atoms with Crippen LogP contribution in [0.15, 0.2) is 47.6 Å². The molecule has 0 unspecified atom stereocenters. The first-order chi connectivity index (χ1) is 13.3. The van der Waals surface area contributed by atoms with Gasteiger partial charge in [0.25, 0.3) is 0 Å². The van der Waals surface area contributed by atoms with Gasteiger partial charge in [-0.3, -0.25) is 4.99 Å². The molecule has 0 heterocycles. The van der Waals surface area contributed by atoms with Gasteiger partial charge in [-0.15, -0.1) is 6.42 Å². The SMILES string of the molecule is C#Cc1cc(C(/C=C\C)=NC(=C)C)ccc1C.CCC.CCCC(C)CCC. The Labute approximate surface area is 176 Å². The summed E-state index contributed by atoms with van der Waals surface area (Å²) in [5, 5.41) is 0. The Kier molecular flexibility index (Phi) is 18.4. The fourth-order valence-electron chi connectivity index (χ4n) is 2.63. The first kappa shape index (κ1) is 28.1. The van der Waals surface area contributed by atoms with Crippen LogP contribution < -0.4 is 0 Å². The van der Waals surface area contributed by atoms with E-state index in [9.17, 15) is 0 Å². The standard InChI is InChI=1S/C16H17N.C8H18.C3H8/c1-6-8-16(17-12(3)4)15-10-9-13(5)14(7-2)11-15;1-4-6-8(3)7-5-2;1-3-2/h2,6,8-11H,3H2,1,4-5H3;8H,4-7H2,1-3H3;3H2,1-2H3/b8-6-,17-16?;;. The normalized spacial score (nSPS) is 10.6. The molecule has 0 bridgehead atoms. The van der Waals surface area contributed by atoms with Crippen molar-refractivity contribution in [1.29, 1.82) is 0 Å². The predicted molar refractivity (Wildman–Crippen MR) is 130 cm³/mol. The number of rotatable bonds is 7. The van der Waals surface area contributed by atoms with Gasteiger partial charge in [0.05, 0.1) is 5.71 Å². The molecule has 1 aromatic carbocycles. The molecular formula is C27H43N. The quantitative estimate of drug-likeness (QED) is 0.331. The Hall–Kier alpha value is -2.07. The molecule has 156 valence electrons. The van der Waals surface area contributed by atoms with Crippen molar-refractivity contribution in [2.45, 2.75) is 87.5 Å². The highest BCUT2D eigenvalue weighted by atomic mass is 14.7. The number of nitrogens with zero attached hydrogens (tertiary/aromatic N) is 1. The molecule has 0 saturated carbocycles. The van der Waals surface area contributed by atoms with Crippen LogP contribution in [0.1, 0.15) is 97.3 Å². The lowest BCUT2D eigenvalue weighted by atomic mass is 10.0. The van der Waals surface area contributed by atoms with Crippen LogP contribution in [0.4, 0.5) is 0 Å². The number of terminal acetylenes is 1. The summed E-state index contributed by atoms with van der Waals surface area (Å²) in [6, 6.07) is 6.02. The van der Waals surface area contributed by atoms with Crippen molar-refractivity contribution in [2.24, 2.45) is 10.9 Å². The van der Waals surface area contributed by atoms with Crippen LogP contribution in [-0.2, 0) is 0 Å². The summed E-state index contributed by atoms with van der Waals surface area (Å²) in [5.74, 6) is 3.65. The topological polar surface area (TPSA) is 12.4 Å². The number of allylic oxidation sites excluding steroid dienone is 3. The summed E-state index contributed by atoms with van der Waals surface area (Å²) < 4.78 is 0. The first-order valence-electron chi connectivity index (χ1n) is 10.7. The van der Waals surface area contributed by atoms with Crippen molar-refractivity contribution in [3.63, 3.8) is 0 Å². The zero-order valence-corrected chi connectivity index (χ0v) is 19.7. The lowest BCUT2D eigenvalue weighted by Crippen LogP contribution is -1.98. The largest absolute Gasteiger partial charge is 0.254 e. The summed E-state index contributed by atoms with van der Waals surface area (Å²) >= 11 is 0. The van der Waals surface area contributed by atoms with Crippen molar-refractivity contribution in [3.8, 4) is 12.3 Å². The van der Waals surface area contributed by atoms with E-state index in [1.54, 1.807) is 0 Å². The van der Waals surface area contributed by atoms with E-state index in [1.807, 2.05) is 51.1 Å². The van der Waals surface area contributed by atoms with Gasteiger partial charge >= 0.3 is 0 Å². The molecule has 0 aromatic heterocycles. The van der Waals surface area contributed by atoms with Gasteiger partial charge in [-0.05, 0) is 44.4 Å². The molecule has 0 saturated heterocycles. The van der Waals surface area contributed by atoms with Gasteiger partial charge in [-0.1, -0.05) is 97.4 Å². The van der Waals surface area contributed by atoms with E-state index in [0.717, 1.165) is 34.0 Å². The smallest absolute Gasteiger partial charge is 0.0702 e. The minimum atomic E-state index is 0.779. The summed E-state index contributed by atoms with van der Waals surface area (Å²) in [4.78, 5) is 4.41. The van der Waals surface area contributed by atoms with Gasteiger partial charge in [-0.2, -0.15) is 0 Å². The Morgan fingerprint density at radius 1 is 1.18 bits per heavy atom. The third-order valence-electron chi connectivity index (χ3n) is 3.89. The molecule has 0 fully saturated rings. The highest BCUT2D eigenvalue weighted by Gasteiger charge is 2.03. The van der Waals surface area contributed by atoms with Crippen LogP contribution in [0.3, 0.4) is 0 Å². The van der Waals surface area contributed by atoms with Crippen LogP contribution in [0.25, 0.3) is 0 Å². The monoisotopic (exact) mass is 381 g/mol. The Bertz CT molecular complexity index is 635. The maximum atomic E-state index is 5.47. The number of benzene rings is 1. The van der Waals surface area contributed by atoms with E-state index in [1.165, 1.54) is 32.1 Å². The Morgan fingerprint density at radius 3 is 2.11 bits per heavy atom.